The zero-order valence-corrected chi connectivity index (χ0v) is 10.8. The summed E-state index contributed by atoms with van der Waals surface area (Å²) in [5.74, 6) is -3.13. The molecule has 0 aliphatic carbocycles. The van der Waals surface area contributed by atoms with Crippen LogP contribution in [0.25, 0.3) is 0 Å². The molecule has 0 aliphatic rings. The Hall–Kier alpha value is -0.680. The second kappa shape index (κ2) is 6.31. The summed E-state index contributed by atoms with van der Waals surface area (Å²) in [6.45, 7) is 0. The van der Waals surface area contributed by atoms with Crippen molar-refractivity contribution in [2.75, 3.05) is 0 Å². The lowest BCUT2D eigenvalue weighted by Gasteiger charge is -1.96. The van der Waals surface area contributed by atoms with Crippen molar-refractivity contribution in [2.24, 2.45) is 0 Å². The van der Waals surface area contributed by atoms with E-state index < -0.39 is 48.6 Å². The van der Waals surface area contributed by atoms with Gasteiger partial charge in [0.05, 0.1) is 0 Å². The van der Waals surface area contributed by atoms with Crippen molar-refractivity contribution in [3.05, 3.63) is 27.3 Å². The van der Waals surface area contributed by atoms with Crippen molar-refractivity contribution in [1.82, 2.24) is 0 Å². The standard InChI is InChI=1S/C6H3F2IO3.H3O4P/c7-3-1-4(8)6(9(11)12)5(10)2-3;1-5(2,3)4/h1-2,10H;(H3,1,2,3,4). The van der Waals surface area contributed by atoms with Gasteiger partial charge < -0.3 is 19.8 Å². The lowest BCUT2D eigenvalue weighted by molar-refractivity contribution is 0.275. The molecule has 0 radical (unpaired) electrons. The second-order valence-corrected chi connectivity index (χ2v) is 5.80. The number of benzene rings is 1. The summed E-state index contributed by atoms with van der Waals surface area (Å²) >= 11 is -4.08. The minimum atomic E-state index is -4.64. The smallest absolute Gasteiger partial charge is 0.466 e. The fourth-order valence-electron chi connectivity index (χ4n) is 0.695. The highest BCUT2D eigenvalue weighted by Crippen LogP contribution is 2.30. The van der Waals surface area contributed by atoms with Crippen LogP contribution in [-0.4, -0.2) is 19.8 Å². The van der Waals surface area contributed by atoms with Crippen molar-refractivity contribution in [2.45, 2.75) is 0 Å². The molecule has 17 heavy (non-hydrogen) atoms. The van der Waals surface area contributed by atoms with Gasteiger partial charge in [-0.25, -0.2) is 19.5 Å². The summed E-state index contributed by atoms with van der Waals surface area (Å²) in [5.41, 5.74) is 0. The Morgan fingerprint density at radius 3 is 1.82 bits per heavy atom. The Balaban J connectivity index is 0.000000437. The average molecular weight is 386 g/mol. The Morgan fingerprint density at radius 2 is 1.53 bits per heavy atom. The molecule has 11 heteroatoms. The van der Waals surface area contributed by atoms with Gasteiger partial charge in [0.15, 0.2) is 3.57 Å². The lowest BCUT2D eigenvalue weighted by atomic mass is 10.3. The first-order chi connectivity index (χ1) is 7.52. The molecule has 0 bridgehead atoms. The first kappa shape index (κ1) is 16.3. The highest BCUT2D eigenvalue weighted by molar-refractivity contribution is 14.2. The van der Waals surface area contributed by atoms with Gasteiger partial charge >= 0.3 is 27.6 Å². The van der Waals surface area contributed by atoms with E-state index in [-0.39, 0.29) is 0 Å². The number of phenolic OH excluding ortho intramolecular Hbond substituents is 1. The average Bonchev–Trinajstić information content (AvgIpc) is 1.95. The van der Waals surface area contributed by atoms with Crippen LogP contribution in [0.1, 0.15) is 0 Å². The molecule has 1 aromatic rings. The summed E-state index contributed by atoms with van der Waals surface area (Å²) in [6, 6.07) is 0.966. The van der Waals surface area contributed by atoms with E-state index in [2.05, 4.69) is 0 Å². The molecule has 0 atom stereocenters. The van der Waals surface area contributed by atoms with E-state index >= 15 is 0 Å². The quantitative estimate of drug-likeness (QED) is 0.323. The van der Waals surface area contributed by atoms with Crippen LogP contribution >= 0.6 is 27.6 Å². The number of halogens is 3. The van der Waals surface area contributed by atoms with Gasteiger partial charge in [-0.3, -0.25) is 0 Å². The Morgan fingerprint density at radius 1 is 1.12 bits per heavy atom. The van der Waals surface area contributed by atoms with Gasteiger partial charge in [0, 0.05) is 12.1 Å². The number of hydrogen-bond donors (Lipinski definition) is 4. The summed E-state index contributed by atoms with van der Waals surface area (Å²) < 4.78 is 53.7. The molecule has 0 saturated heterocycles. The fraction of sp³-hybridized carbons (Fsp3) is 0. The number of phenols is 1. The van der Waals surface area contributed by atoms with Gasteiger partial charge in [-0.2, -0.15) is 0 Å². The van der Waals surface area contributed by atoms with E-state index in [0.717, 1.165) is 0 Å². The second-order valence-electron chi connectivity index (χ2n) is 2.45. The van der Waals surface area contributed by atoms with E-state index in [4.69, 9.17) is 24.4 Å². The molecule has 98 valence electrons. The first-order valence-electron chi connectivity index (χ1n) is 3.54. The number of aromatic hydroxyl groups is 1. The van der Waals surface area contributed by atoms with Crippen LogP contribution in [0, 0.1) is 15.2 Å². The maximum Gasteiger partial charge on any atom is 0.466 e. The minimum absolute atomic E-state index is 0.412. The maximum absolute atomic E-state index is 12.6. The molecule has 7 nitrogen and oxygen atoms in total. The zero-order valence-electron chi connectivity index (χ0n) is 7.75. The SMILES string of the molecule is O=I(=O)c1c(O)cc(F)cc1F.O=P(O)(O)O. The summed E-state index contributed by atoms with van der Waals surface area (Å²) in [6.07, 6.45) is 0. The van der Waals surface area contributed by atoms with Crippen molar-refractivity contribution in [3.63, 3.8) is 0 Å². The summed E-state index contributed by atoms with van der Waals surface area (Å²) in [7, 11) is -4.64. The third-order valence-electron chi connectivity index (χ3n) is 1.13. The van der Waals surface area contributed by atoms with Gasteiger partial charge in [-0.1, -0.05) is 0 Å². The molecule has 0 heterocycles. The van der Waals surface area contributed by atoms with Crippen LogP contribution < -0.4 is 0 Å². The highest BCUT2D eigenvalue weighted by atomic mass is 127. The zero-order chi connectivity index (χ0) is 13.8. The molecule has 0 aromatic heterocycles. The number of phosphoric acid groups is 1. The summed E-state index contributed by atoms with van der Waals surface area (Å²) in [4.78, 5) is 21.6. The molecular formula is C6H6F2IO7P. The predicted molar refractivity (Wildman–Crippen MR) is 56.4 cm³/mol. The molecule has 0 spiro atoms. The van der Waals surface area contributed by atoms with Crippen LogP contribution in [0.3, 0.4) is 0 Å². The van der Waals surface area contributed by atoms with Gasteiger partial charge in [0.25, 0.3) is 0 Å². The topological polar surface area (TPSA) is 132 Å². The third kappa shape index (κ3) is 7.28. The molecule has 0 fully saturated rings. The number of rotatable bonds is 1. The van der Waals surface area contributed by atoms with Crippen LogP contribution in [0.15, 0.2) is 12.1 Å². The molecule has 0 unspecified atom stereocenters. The van der Waals surface area contributed by atoms with Crippen molar-refractivity contribution in [3.8, 4) is 5.75 Å². The summed E-state index contributed by atoms with van der Waals surface area (Å²) in [5, 5.41) is 8.80. The van der Waals surface area contributed by atoms with Crippen LogP contribution in [-0.2, 0) is 10.7 Å². The van der Waals surface area contributed by atoms with Gasteiger partial charge in [-0.05, 0) is 0 Å². The molecule has 0 saturated carbocycles. The Kier molecular flexibility index (Phi) is 6.05. The van der Waals surface area contributed by atoms with Gasteiger partial charge in [-0.15, -0.1) is 0 Å². The lowest BCUT2D eigenvalue weighted by Crippen LogP contribution is -1.86. The van der Waals surface area contributed by atoms with Crippen molar-refractivity contribution >= 4 is 27.6 Å². The van der Waals surface area contributed by atoms with Crippen LogP contribution in [0.4, 0.5) is 8.78 Å². The predicted octanol–water partition coefficient (Wildman–Crippen LogP) is 1.11. The maximum atomic E-state index is 12.6. The van der Waals surface area contributed by atoms with E-state index in [1.807, 2.05) is 0 Å². The molecule has 1 rings (SSSR count). The van der Waals surface area contributed by atoms with Gasteiger partial charge in [0.2, 0.25) is 0 Å². The third-order valence-corrected chi connectivity index (χ3v) is 3.08. The van der Waals surface area contributed by atoms with Gasteiger partial charge in [0.1, 0.15) is 17.4 Å². The molecule has 0 amide bonds. The molecule has 0 aliphatic heterocycles. The first-order valence-corrected chi connectivity index (χ1v) is 7.94. The highest BCUT2D eigenvalue weighted by Gasteiger charge is 2.14. The number of hydrogen-bond acceptors (Lipinski definition) is 4. The van der Waals surface area contributed by atoms with Crippen LogP contribution in [0.2, 0.25) is 0 Å². The normalized spacial score (nSPS) is 10.9. The Labute approximate surface area is 100 Å². The van der Waals surface area contributed by atoms with Crippen molar-refractivity contribution < 1.29 is 39.3 Å². The van der Waals surface area contributed by atoms with E-state index in [0.29, 0.717) is 12.1 Å². The van der Waals surface area contributed by atoms with Crippen LogP contribution in [0.5, 0.6) is 5.75 Å². The molecule has 4 N–H and O–H groups in total. The van der Waals surface area contributed by atoms with E-state index in [1.165, 1.54) is 0 Å². The monoisotopic (exact) mass is 386 g/mol. The molecular weight excluding hydrogens is 380 g/mol. The largest absolute Gasteiger partial charge is 0.506 e. The Bertz CT molecular complexity index is 484. The van der Waals surface area contributed by atoms with E-state index in [1.54, 1.807) is 0 Å². The van der Waals surface area contributed by atoms with Crippen molar-refractivity contribution in [1.29, 1.82) is 0 Å². The van der Waals surface area contributed by atoms with E-state index in [9.17, 15) is 14.9 Å². The minimum Gasteiger partial charge on any atom is -0.506 e. The molecule has 1 aromatic carbocycles. The fourth-order valence-corrected chi connectivity index (χ4v) is 1.88.